The van der Waals surface area contributed by atoms with E-state index in [1.54, 1.807) is 0 Å². The molecule has 3 N–H and O–H groups in total. The van der Waals surface area contributed by atoms with E-state index in [1.807, 2.05) is 24.3 Å². The number of nitrogens with one attached hydrogen (secondary N) is 3. The number of aromatic amines is 1. The summed E-state index contributed by atoms with van der Waals surface area (Å²) in [5.74, 6) is 0.167. The molecule has 7 heteroatoms. The van der Waals surface area contributed by atoms with E-state index in [9.17, 15) is 4.79 Å². The Bertz CT molecular complexity index is 578. The minimum absolute atomic E-state index is 0.0713. The second kappa shape index (κ2) is 6.73. The molecule has 1 atom stereocenters. The highest BCUT2D eigenvalue weighted by Crippen LogP contribution is 2.25. The van der Waals surface area contributed by atoms with Crippen molar-refractivity contribution in [2.24, 2.45) is 5.92 Å². The van der Waals surface area contributed by atoms with Crippen LogP contribution < -0.4 is 10.6 Å². The Kier molecular flexibility index (Phi) is 4.52. The summed E-state index contributed by atoms with van der Waals surface area (Å²) in [7, 11) is 0. The van der Waals surface area contributed by atoms with Gasteiger partial charge in [0.15, 0.2) is 5.16 Å². The number of benzene rings is 1. The van der Waals surface area contributed by atoms with Crippen LogP contribution in [0.4, 0.5) is 5.69 Å². The van der Waals surface area contributed by atoms with E-state index in [0.717, 1.165) is 41.7 Å². The fraction of sp³-hybridized carbons (Fsp3) is 0.357. The van der Waals surface area contributed by atoms with Gasteiger partial charge in [-0.2, -0.15) is 5.10 Å². The summed E-state index contributed by atoms with van der Waals surface area (Å²) in [5, 5.41) is 13.6. The summed E-state index contributed by atoms with van der Waals surface area (Å²) in [6, 6.07) is 7.74. The number of carbonyl (C=O) groups excluding carboxylic acids is 1. The topological polar surface area (TPSA) is 82.7 Å². The molecule has 6 nitrogen and oxygen atoms in total. The minimum atomic E-state index is 0.0713. The Hall–Kier alpha value is -1.86. The maximum absolute atomic E-state index is 12.1. The van der Waals surface area contributed by atoms with Gasteiger partial charge in [-0.05, 0) is 43.7 Å². The van der Waals surface area contributed by atoms with Gasteiger partial charge in [0, 0.05) is 17.1 Å². The maximum atomic E-state index is 12.1. The van der Waals surface area contributed by atoms with Crippen LogP contribution in [0.2, 0.25) is 0 Å². The first-order valence-electron chi connectivity index (χ1n) is 6.96. The van der Waals surface area contributed by atoms with Crippen molar-refractivity contribution in [3.8, 4) is 0 Å². The van der Waals surface area contributed by atoms with E-state index < -0.39 is 0 Å². The highest BCUT2D eigenvalue weighted by molar-refractivity contribution is 7.99. The third kappa shape index (κ3) is 3.83. The van der Waals surface area contributed by atoms with Gasteiger partial charge in [-0.3, -0.25) is 9.89 Å². The number of amides is 1. The molecule has 21 heavy (non-hydrogen) atoms. The van der Waals surface area contributed by atoms with Crippen molar-refractivity contribution < 1.29 is 4.79 Å². The van der Waals surface area contributed by atoms with E-state index in [-0.39, 0.29) is 11.8 Å². The molecule has 1 aromatic carbocycles. The fourth-order valence-corrected chi connectivity index (χ4v) is 2.97. The molecule has 0 saturated carbocycles. The largest absolute Gasteiger partial charge is 0.326 e. The zero-order valence-corrected chi connectivity index (χ0v) is 12.3. The molecule has 2 aromatic rings. The van der Waals surface area contributed by atoms with Gasteiger partial charge in [-0.25, -0.2) is 4.98 Å². The molecule has 0 bridgehead atoms. The van der Waals surface area contributed by atoms with E-state index >= 15 is 0 Å². The number of nitrogens with zero attached hydrogens (tertiary/aromatic N) is 2. The highest BCUT2D eigenvalue weighted by atomic mass is 32.2. The highest BCUT2D eigenvalue weighted by Gasteiger charge is 2.20. The summed E-state index contributed by atoms with van der Waals surface area (Å²) in [4.78, 5) is 17.2. The van der Waals surface area contributed by atoms with Crippen molar-refractivity contribution in [1.29, 1.82) is 0 Å². The molecular formula is C14H17N5OS. The smallest absolute Gasteiger partial charge is 0.228 e. The van der Waals surface area contributed by atoms with Crippen molar-refractivity contribution in [2.75, 3.05) is 18.4 Å². The number of hydrogen-bond donors (Lipinski definition) is 3. The monoisotopic (exact) mass is 303 g/mol. The maximum Gasteiger partial charge on any atom is 0.228 e. The van der Waals surface area contributed by atoms with Gasteiger partial charge >= 0.3 is 0 Å². The number of hydrogen-bond acceptors (Lipinski definition) is 5. The van der Waals surface area contributed by atoms with Gasteiger partial charge in [0.1, 0.15) is 6.33 Å². The zero-order chi connectivity index (χ0) is 14.5. The Labute approximate surface area is 127 Å². The molecule has 1 aliphatic rings. The van der Waals surface area contributed by atoms with E-state index in [0.29, 0.717) is 0 Å². The third-order valence-corrected chi connectivity index (χ3v) is 4.29. The number of H-pyrrole nitrogens is 1. The molecule has 0 radical (unpaired) electrons. The number of rotatable bonds is 4. The molecule has 3 rings (SSSR count). The second-order valence-corrected chi connectivity index (χ2v) is 6.01. The summed E-state index contributed by atoms with van der Waals surface area (Å²) in [6.45, 7) is 1.78. The van der Waals surface area contributed by atoms with Gasteiger partial charge < -0.3 is 10.6 Å². The van der Waals surface area contributed by atoms with Crippen molar-refractivity contribution in [2.45, 2.75) is 22.9 Å². The number of anilines is 1. The van der Waals surface area contributed by atoms with Crippen LogP contribution in [0, 0.1) is 5.92 Å². The van der Waals surface area contributed by atoms with E-state index in [2.05, 4.69) is 25.8 Å². The number of piperidine rings is 1. The summed E-state index contributed by atoms with van der Waals surface area (Å²) >= 11 is 1.50. The predicted octanol–water partition coefficient (Wildman–Crippen LogP) is 1.89. The Morgan fingerprint density at radius 3 is 2.86 bits per heavy atom. The van der Waals surface area contributed by atoms with E-state index in [1.165, 1.54) is 18.1 Å². The summed E-state index contributed by atoms with van der Waals surface area (Å²) in [6.07, 6.45) is 3.50. The third-order valence-electron chi connectivity index (χ3n) is 3.40. The summed E-state index contributed by atoms with van der Waals surface area (Å²) in [5.41, 5.74) is 0.826. The van der Waals surface area contributed by atoms with Crippen molar-refractivity contribution >= 4 is 23.4 Å². The van der Waals surface area contributed by atoms with Crippen LogP contribution in [0.15, 0.2) is 40.6 Å². The Morgan fingerprint density at radius 1 is 1.33 bits per heavy atom. The molecule has 1 aliphatic heterocycles. The molecule has 1 fully saturated rings. The first-order valence-corrected chi connectivity index (χ1v) is 7.78. The van der Waals surface area contributed by atoms with Crippen molar-refractivity contribution in [3.63, 3.8) is 0 Å². The van der Waals surface area contributed by atoms with Crippen molar-refractivity contribution in [1.82, 2.24) is 20.5 Å². The Balaban J connectivity index is 1.57. The number of aromatic nitrogens is 3. The molecule has 110 valence electrons. The van der Waals surface area contributed by atoms with Crippen molar-refractivity contribution in [3.05, 3.63) is 30.6 Å². The average molecular weight is 303 g/mol. The summed E-state index contributed by atoms with van der Waals surface area (Å²) < 4.78 is 0. The predicted molar refractivity (Wildman–Crippen MR) is 81.2 cm³/mol. The van der Waals surface area contributed by atoms with Crippen LogP contribution in [-0.4, -0.2) is 34.2 Å². The number of carbonyl (C=O) groups is 1. The fourth-order valence-electron chi connectivity index (χ4n) is 2.28. The average Bonchev–Trinajstić information content (AvgIpc) is 3.03. The molecule has 2 heterocycles. The zero-order valence-electron chi connectivity index (χ0n) is 11.5. The molecule has 1 amide bonds. The quantitative estimate of drug-likeness (QED) is 0.803. The van der Waals surface area contributed by atoms with Gasteiger partial charge in [0.2, 0.25) is 5.91 Å². The second-order valence-electron chi connectivity index (χ2n) is 4.95. The van der Waals surface area contributed by atoms with Gasteiger partial charge in [0.25, 0.3) is 0 Å². The Morgan fingerprint density at radius 2 is 2.19 bits per heavy atom. The standard InChI is InChI=1S/C14H17N5OS/c20-13(10-2-1-7-15-8-10)18-11-3-5-12(6-4-11)21-14-16-9-17-19-14/h3-6,9-10,15H,1-2,7-8H2,(H,18,20)(H,16,17,19)/t10-/m0/s1. The lowest BCUT2D eigenvalue weighted by Gasteiger charge is -2.21. The molecule has 0 unspecified atom stereocenters. The minimum Gasteiger partial charge on any atom is -0.326 e. The van der Waals surface area contributed by atoms with Crippen LogP contribution >= 0.6 is 11.8 Å². The lowest BCUT2D eigenvalue weighted by Crippen LogP contribution is -2.37. The van der Waals surface area contributed by atoms with Crippen LogP contribution in [-0.2, 0) is 4.79 Å². The van der Waals surface area contributed by atoms with E-state index in [4.69, 9.17) is 0 Å². The van der Waals surface area contributed by atoms with Crippen LogP contribution in [0.1, 0.15) is 12.8 Å². The van der Waals surface area contributed by atoms with Gasteiger partial charge in [-0.1, -0.05) is 11.8 Å². The normalized spacial score (nSPS) is 18.4. The first-order chi connectivity index (χ1) is 10.3. The SMILES string of the molecule is O=C(Nc1ccc(Sc2ncn[nH]2)cc1)[C@H]1CCCNC1. The van der Waals surface area contributed by atoms with Gasteiger partial charge in [-0.15, -0.1) is 0 Å². The molecule has 1 aromatic heterocycles. The van der Waals surface area contributed by atoms with Crippen LogP contribution in [0.5, 0.6) is 0 Å². The molecule has 1 saturated heterocycles. The van der Waals surface area contributed by atoms with Crippen LogP contribution in [0.25, 0.3) is 0 Å². The molecular weight excluding hydrogens is 286 g/mol. The van der Waals surface area contributed by atoms with Crippen LogP contribution in [0.3, 0.4) is 0 Å². The lowest BCUT2D eigenvalue weighted by molar-refractivity contribution is -0.120. The van der Waals surface area contributed by atoms with Gasteiger partial charge in [0.05, 0.1) is 5.92 Å². The lowest BCUT2D eigenvalue weighted by atomic mass is 9.99. The first kappa shape index (κ1) is 14.1. The molecule has 0 aliphatic carbocycles. The molecule has 0 spiro atoms.